The number of aliphatic imine (C=N–C) groups is 1. The lowest BCUT2D eigenvalue weighted by atomic mass is 9.96. The van der Waals surface area contributed by atoms with E-state index in [1.54, 1.807) is 6.20 Å². The zero-order chi connectivity index (χ0) is 13.1. The first-order valence-electron chi connectivity index (χ1n) is 6.96. The molecule has 0 spiro atoms. The second-order valence-electron chi connectivity index (χ2n) is 5.26. The van der Waals surface area contributed by atoms with Gasteiger partial charge in [0.25, 0.3) is 0 Å². The highest BCUT2D eigenvalue weighted by Crippen LogP contribution is 2.24. The summed E-state index contributed by atoms with van der Waals surface area (Å²) < 4.78 is 5.80. The van der Waals surface area contributed by atoms with Crippen molar-refractivity contribution in [3.63, 3.8) is 0 Å². The predicted molar refractivity (Wildman–Crippen MR) is 74.2 cm³/mol. The Morgan fingerprint density at radius 1 is 1.47 bits per heavy atom. The van der Waals surface area contributed by atoms with Gasteiger partial charge in [-0.05, 0) is 37.8 Å². The molecule has 1 aliphatic heterocycles. The number of aromatic nitrogens is 1. The maximum Gasteiger partial charge on any atom is 0.213 e. The Balaban J connectivity index is 1.53. The van der Waals surface area contributed by atoms with Crippen LogP contribution in [0.5, 0.6) is 5.88 Å². The summed E-state index contributed by atoms with van der Waals surface area (Å²) in [7, 11) is 0. The van der Waals surface area contributed by atoms with Gasteiger partial charge in [0.15, 0.2) is 5.96 Å². The van der Waals surface area contributed by atoms with Gasteiger partial charge in [-0.15, -0.1) is 0 Å². The van der Waals surface area contributed by atoms with Crippen LogP contribution in [0.2, 0.25) is 0 Å². The zero-order valence-corrected chi connectivity index (χ0v) is 11.2. The van der Waals surface area contributed by atoms with Crippen LogP contribution < -0.4 is 15.4 Å². The van der Waals surface area contributed by atoms with Crippen molar-refractivity contribution in [2.24, 2.45) is 4.99 Å². The molecule has 1 saturated carbocycles. The first-order chi connectivity index (χ1) is 9.29. The first kappa shape index (κ1) is 12.3. The zero-order valence-electron chi connectivity index (χ0n) is 11.2. The minimum atomic E-state index is 0.373. The van der Waals surface area contributed by atoms with E-state index in [0.717, 1.165) is 43.3 Å². The third-order valence-electron chi connectivity index (χ3n) is 3.51. The summed E-state index contributed by atoms with van der Waals surface area (Å²) in [6, 6.07) is 4.43. The van der Waals surface area contributed by atoms with E-state index >= 15 is 0 Å². The molecule has 2 aliphatic rings. The van der Waals surface area contributed by atoms with Gasteiger partial charge in [0.05, 0.1) is 6.54 Å². The fourth-order valence-electron chi connectivity index (χ4n) is 2.13. The average molecular weight is 260 g/mol. The Bertz CT molecular complexity index is 470. The molecule has 1 atom stereocenters. The van der Waals surface area contributed by atoms with Crippen molar-refractivity contribution < 1.29 is 4.74 Å². The van der Waals surface area contributed by atoms with Crippen molar-refractivity contribution in [3.8, 4) is 5.88 Å². The molecule has 0 amide bonds. The molecule has 0 bridgehead atoms. The molecule has 1 fully saturated rings. The monoisotopic (exact) mass is 260 g/mol. The van der Waals surface area contributed by atoms with Gasteiger partial charge in [-0.1, -0.05) is 0 Å². The molecule has 5 heteroatoms. The van der Waals surface area contributed by atoms with Crippen LogP contribution in [0.3, 0.4) is 0 Å². The van der Waals surface area contributed by atoms with Crippen LogP contribution in [0, 0.1) is 0 Å². The maximum atomic E-state index is 5.80. The van der Waals surface area contributed by atoms with Crippen LogP contribution in [0.1, 0.15) is 31.7 Å². The molecule has 2 N–H and O–H groups in total. The van der Waals surface area contributed by atoms with Crippen molar-refractivity contribution in [1.82, 2.24) is 15.6 Å². The molecule has 1 aromatic heterocycles. The van der Waals surface area contributed by atoms with Crippen LogP contribution in [-0.4, -0.2) is 29.6 Å². The molecule has 1 aliphatic carbocycles. The van der Waals surface area contributed by atoms with Crippen molar-refractivity contribution in [2.75, 3.05) is 6.54 Å². The number of guanidine groups is 1. The molecule has 2 heterocycles. The van der Waals surface area contributed by atoms with Gasteiger partial charge < -0.3 is 15.4 Å². The smallest absolute Gasteiger partial charge is 0.213 e. The number of pyridine rings is 1. The molecule has 5 nitrogen and oxygen atoms in total. The SMILES string of the molecule is CC1CN=C(NCc2ccnc(OC3CCC3)c2)N1. The molecule has 1 unspecified atom stereocenters. The Morgan fingerprint density at radius 2 is 2.37 bits per heavy atom. The van der Waals surface area contributed by atoms with Gasteiger partial charge in [0.1, 0.15) is 6.10 Å². The third-order valence-corrected chi connectivity index (χ3v) is 3.51. The van der Waals surface area contributed by atoms with Gasteiger partial charge in [-0.25, -0.2) is 4.98 Å². The lowest BCUT2D eigenvalue weighted by Crippen LogP contribution is -2.37. The Kier molecular flexibility index (Phi) is 3.53. The summed E-state index contributed by atoms with van der Waals surface area (Å²) in [4.78, 5) is 8.63. The van der Waals surface area contributed by atoms with Crippen LogP contribution in [-0.2, 0) is 6.54 Å². The topological polar surface area (TPSA) is 58.5 Å². The minimum Gasteiger partial charge on any atom is -0.474 e. The average Bonchev–Trinajstić information content (AvgIpc) is 2.78. The van der Waals surface area contributed by atoms with E-state index in [9.17, 15) is 0 Å². The Morgan fingerprint density at radius 3 is 3.05 bits per heavy atom. The summed E-state index contributed by atoms with van der Waals surface area (Å²) in [6.45, 7) is 3.70. The highest BCUT2D eigenvalue weighted by molar-refractivity contribution is 5.81. The fourth-order valence-corrected chi connectivity index (χ4v) is 2.13. The van der Waals surface area contributed by atoms with E-state index in [0.29, 0.717) is 12.1 Å². The number of hydrogen-bond acceptors (Lipinski definition) is 5. The van der Waals surface area contributed by atoms with Crippen LogP contribution in [0.4, 0.5) is 0 Å². The summed E-state index contributed by atoms with van der Waals surface area (Å²) in [5.41, 5.74) is 1.16. The molecular weight excluding hydrogens is 240 g/mol. The van der Waals surface area contributed by atoms with Crippen molar-refractivity contribution >= 4 is 5.96 Å². The molecule has 0 radical (unpaired) electrons. The second-order valence-corrected chi connectivity index (χ2v) is 5.26. The molecule has 102 valence electrons. The predicted octanol–water partition coefficient (Wildman–Crippen LogP) is 1.45. The number of nitrogens with one attached hydrogen (secondary N) is 2. The van der Waals surface area contributed by atoms with E-state index in [-0.39, 0.29) is 0 Å². The summed E-state index contributed by atoms with van der Waals surface area (Å²) >= 11 is 0. The lowest BCUT2D eigenvalue weighted by Gasteiger charge is -2.25. The van der Waals surface area contributed by atoms with Gasteiger partial charge in [0.2, 0.25) is 5.88 Å². The molecule has 19 heavy (non-hydrogen) atoms. The van der Waals surface area contributed by atoms with Crippen LogP contribution in [0.25, 0.3) is 0 Å². The highest BCUT2D eigenvalue weighted by atomic mass is 16.5. The number of ether oxygens (including phenoxy) is 1. The van der Waals surface area contributed by atoms with Crippen molar-refractivity contribution in [3.05, 3.63) is 23.9 Å². The normalized spacial score (nSPS) is 22.4. The quantitative estimate of drug-likeness (QED) is 0.860. The van der Waals surface area contributed by atoms with E-state index in [1.165, 1.54) is 6.42 Å². The van der Waals surface area contributed by atoms with E-state index in [4.69, 9.17) is 4.74 Å². The molecule has 0 saturated heterocycles. The van der Waals surface area contributed by atoms with Crippen molar-refractivity contribution in [2.45, 2.75) is 44.9 Å². The lowest BCUT2D eigenvalue weighted by molar-refractivity contribution is 0.114. The third kappa shape index (κ3) is 3.16. The fraction of sp³-hybridized carbons (Fsp3) is 0.571. The summed E-state index contributed by atoms with van der Waals surface area (Å²) in [6.07, 6.45) is 5.76. The summed E-state index contributed by atoms with van der Waals surface area (Å²) in [5.74, 6) is 1.62. The summed E-state index contributed by atoms with van der Waals surface area (Å²) in [5, 5.41) is 6.57. The first-order valence-corrected chi connectivity index (χ1v) is 6.96. The highest BCUT2D eigenvalue weighted by Gasteiger charge is 2.19. The van der Waals surface area contributed by atoms with Gasteiger partial charge in [0, 0.05) is 24.8 Å². The number of rotatable bonds is 4. The van der Waals surface area contributed by atoms with E-state index in [1.807, 2.05) is 12.1 Å². The number of hydrogen-bond donors (Lipinski definition) is 2. The Labute approximate surface area is 113 Å². The van der Waals surface area contributed by atoms with Crippen LogP contribution >= 0.6 is 0 Å². The van der Waals surface area contributed by atoms with E-state index < -0.39 is 0 Å². The van der Waals surface area contributed by atoms with E-state index in [2.05, 4.69) is 27.5 Å². The number of nitrogens with zero attached hydrogens (tertiary/aromatic N) is 2. The molecule has 1 aromatic rings. The maximum absolute atomic E-state index is 5.80. The molecular formula is C14H20N4O. The molecule has 3 rings (SSSR count). The van der Waals surface area contributed by atoms with Gasteiger partial charge >= 0.3 is 0 Å². The standard InChI is InChI=1S/C14H20N4O/c1-10-8-16-14(18-10)17-9-11-5-6-15-13(7-11)19-12-3-2-4-12/h5-7,10,12H,2-4,8-9H2,1H3,(H2,16,17,18). The van der Waals surface area contributed by atoms with Crippen molar-refractivity contribution in [1.29, 1.82) is 0 Å². The van der Waals surface area contributed by atoms with Gasteiger partial charge in [-0.3, -0.25) is 4.99 Å². The second kappa shape index (κ2) is 5.47. The molecule has 0 aromatic carbocycles. The van der Waals surface area contributed by atoms with Crippen LogP contribution in [0.15, 0.2) is 23.3 Å². The Hall–Kier alpha value is -1.78. The van der Waals surface area contributed by atoms with Gasteiger partial charge in [-0.2, -0.15) is 0 Å². The minimum absolute atomic E-state index is 0.373. The largest absolute Gasteiger partial charge is 0.474 e.